The minimum Gasteiger partial charge on any atom is -0.481 e. The topological polar surface area (TPSA) is 260 Å². The van der Waals surface area contributed by atoms with Crippen LogP contribution in [0.1, 0.15) is 84.2 Å². The van der Waals surface area contributed by atoms with Gasteiger partial charge in [-0.15, -0.1) is 5.10 Å². The molecule has 282 valence electrons. The van der Waals surface area contributed by atoms with Crippen molar-refractivity contribution in [1.29, 1.82) is 0 Å². The van der Waals surface area contributed by atoms with Gasteiger partial charge in [0, 0.05) is 50.5 Å². The number of amides is 4. The normalized spacial score (nSPS) is 12.0. The lowest BCUT2D eigenvalue weighted by Gasteiger charge is -2.18. The van der Waals surface area contributed by atoms with Gasteiger partial charge in [0.1, 0.15) is 12.1 Å². The van der Waals surface area contributed by atoms with Gasteiger partial charge in [-0.05, 0) is 69.2 Å². The molecule has 0 radical (unpaired) electrons. The van der Waals surface area contributed by atoms with Crippen LogP contribution in [-0.4, -0.2) is 118 Å². The van der Waals surface area contributed by atoms with Gasteiger partial charge in [-0.1, -0.05) is 18.1 Å². The predicted octanol–water partition coefficient (Wildman–Crippen LogP) is 1.44. The molecule has 0 bridgehead atoms. The zero-order valence-corrected chi connectivity index (χ0v) is 28.8. The molecule has 18 nitrogen and oxygen atoms in total. The maximum Gasteiger partial charge on any atom is 0.326 e. The summed E-state index contributed by atoms with van der Waals surface area (Å²) in [7, 11) is 1.59. The van der Waals surface area contributed by atoms with Crippen LogP contribution in [0, 0.1) is 0 Å². The number of carbonyl (C=O) groups is 6. The molecule has 0 aliphatic heterocycles. The summed E-state index contributed by atoms with van der Waals surface area (Å²) in [6.45, 7) is 2.72. The van der Waals surface area contributed by atoms with Crippen molar-refractivity contribution >= 4 is 35.8 Å². The molecule has 2 aromatic rings. The second-order valence-electron chi connectivity index (χ2n) is 11.7. The molecule has 2 rings (SSSR count). The molecule has 51 heavy (non-hydrogen) atoms. The number of methoxy groups -OCH3 is 1. The lowest BCUT2D eigenvalue weighted by Crippen LogP contribution is -2.51. The summed E-state index contributed by atoms with van der Waals surface area (Å²) in [6.07, 6.45) is 6.39. The van der Waals surface area contributed by atoms with Crippen LogP contribution in [0.2, 0.25) is 0 Å². The maximum atomic E-state index is 12.5. The number of unbranched alkanes of at least 4 members (excludes halogenated alkanes) is 4. The first-order valence-electron chi connectivity index (χ1n) is 16.9. The minimum absolute atomic E-state index is 0.0930. The fraction of sp³-hybridized carbons (Fsp3) is 0.576. The second kappa shape index (κ2) is 24.1. The molecule has 7 N–H and O–H groups in total. The van der Waals surface area contributed by atoms with Gasteiger partial charge < -0.3 is 46.1 Å². The zero-order chi connectivity index (χ0) is 37.4. The summed E-state index contributed by atoms with van der Waals surface area (Å²) >= 11 is 0. The van der Waals surface area contributed by atoms with Gasteiger partial charge in [0.05, 0.1) is 25.5 Å². The van der Waals surface area contributed by atoms with Crippen molar-refractivity contribution in [3.8, 4) is 0 Å². The highest BCUT2D eigenvalue weighted by Gasteiger charge is 2.24. The molecule has 1 heterocycles. The van der Waals surface area contributed by atoms with Gasteiger partial charge >= 0.3 is 23.9 Å². The quantitative estimate of drug-likeness (QED) is 0.0646. The monoisotopic (exact) mass is 719 g/mol. The van der Waals surface area contributed by atoms with Crippen LogP contribution >= 0.6 is 0 Å². The van der Waals surface area contributed by atoms with E-state index in [0.29, 0.717) is 63.4 Å². The number of aliphatic carboxylic acids is 3. The Labute approximate surface area is 295 Å². The summed E-state index contributed by atoms with van der Waals surface area (Å²) in [5.41, 5.74) is 1.76. The SMILES string of the molecule is COCCOCCNC(=O)c1ccc(C(=O)NCCCCCCc2cn(CCCC[C@H](NC(=O)N[C@@H](CCC(=O)O)C(=O)O)C(=O)O)nn2)cc1. The van der Waals surface area contributed by atoms with Gasteiger partial charge in [0.15, 0.2) is 0 Å². The average molecular weight is 720 g/mol. The van der Waals surface area contributed by atoms with Gasteiger partial charge in [0.25, 0.3) is 11.8 Å². The predicted molar refractivity (Wildman–Crippen MR) is 181 cm³/mol. The van der Waals surface area contributed by atoms with E-state index >= 15 is 0 Å². The third-order valence-corrected chi connectivity index (χ3v) is 7.59. The first-order chi connectivity index (χ1) is 24.5. The molecule has 18 heteroatoms. The maximum absolute atomic E-state index is 12.5. The molecule has 2 atom stereocenters. The molecule has 0 unspecified atom stereocenters. The zero-order valence-electron chi connectivity index (χ0n) is 28.8. The standard InChI is InChI=1S/C33H49N7O11/c1-50-20-21-51-19-17-35-30(44)24-12-10-23(11-13-24)29(43)34-16-6-3-2-4-8-25-22-40(39-38-25)18-7-5-9-26(31(45)46)36-33(49)37-27(32(47)48)14-15-28(41)42/h10-13,22,26-27H,2-9,14-21H2,1H3,(H,34,43)(H,35,44)(H,41,42)(H,45,46)(H,47,48)(H2,36,37,49)/t26-,27-/m0/s1. The van der Waals surface area contributed by atoms with Crippen molar-refractivity contribution in [3.63, 3.8) is 0 Å². The summed E-state index contributed by atoms with van der Waals surface area (Å²) in [4.78, 5) is 70.4. The highest BCUT2D eigenvalue weighted by molar-refractivity contribution is 5.97. The molecule has 0 saturated carbocycles. The van der Waals surface area contributed by atoms with Crippen molar-refractivity contribution < 1.29 is 53.6 Å². The van der Waals surface area contributed by atoms with E-state index in [1.165, 1.54) is 0 Å². The Kier molecular flexibility index (Phi) is 19.9. The lowest BCUT2D eigenvalue weighted by atomic mass is 10.1. The van der Waals surface area contributed by atoms with Gasteiger partial charge in [-0.25, -0.2) is 14.4 Å². The highest BCUT2D eigenvalue weighted by Crippen LogP contribution is 2.09. The van der Waals surface area contributed by atoms with Crippen molar-refractivity contribution in [2.45, 2.75) is 82.8 Å². The van der Waals surface area contributed by atoms with Crippen molar-refractivity contribution in [2.24, 2.45) is 0 Å². The number of aromatic nitrogens is 3. The molecular weight excluding hydrogens is 670 g/mol. The Morgan fingerprint density at radius 2 is 1.35 bits per heavy atom. The molecular formula is C33H49N7O11. The van der Waals surface area contributed by atoms with Crippen molar-refractivity contribution in [2.75, 3.05) is 40.0 Å². The number of carboxylic acid groups (broad SMARTS) is 3. The van der Waals surface area contributed by atoms with Crippen LogP contribution in [0.4, 0.5) is 4.79 Å². The molecule has 4 amide bonds. The number of benzene rings is 1. The van der Waals surface area contributed by atoms with Crippen LogP contribution in [0.15, 0.2) is 30.5 Å². The molecule has 1 aromatic carbocycles. The molecule has 0 aliphatic rings. The Balaban J connectivity index is 1.58. The number of urea groups is 1. The van der Waals surface area contributed by atoms with E-state index in [1.54, 1.807) is 36.1 Å². The summed E-state index contributed by atoms with van der Waals surface area (Å²) in [5.74, 6) is -4.37. The van der Waals surface area contributed by atoms with Gasteiger partial charge in [-0.3, -0.25) is 19.1 Å². The first kappa shape index (κ1) is 42.1. The lowest BCUT2D eigenvalue weighted by molar-refractivity contribution is -0.140. The molecule has 0 spiro atoms. The van der Waals surface area contributed by atoms with Crippen molar-refractivity contribution in [3.05, 3.63) is 47.3 Å². The average Bonchev–Trinajstić information content (AvgIpc) is 3.56. The number of aryl methyl sites for hydroxylation is 2. The number of nitrogens with zero attached hydrogens (tertiary/aromatic N) is 3. The smallest absolute Gasteiger partial charge is 0.326 e. The minimum atomic E-state index is -1.47. The number of ether oxygens (including phenoxy) is 2. The molecule has 0 saturated heterocycles. The number of hydrogen-bond donors (Lipinski definition) is 7. The first-order valence-corrected chi connectivity index (χ1v) is 16.9. The van der Waals surface area contributed by atoms with E-state index in [9.17, 15) is 33.9 Å². The van der Waals surface area contributed by atoms with Crippen LogP contribution in [0.5, 0.6) is 0 Å². The van der Waals surface area contributed by atoms with Crippen molar-refractivity contribution in [1.82, 2.24) is 36.3 Å². The number of rotatable bonds is 27. The molecule has 1 aromatic heterocycles. The number of nitrogens with one attached hydrogen (secondary N) is 4. The third-order valence-electron chi connectivity index (χ3n) is 7.59. The van der Waals surface area contributed by atoms with E-state index in [-0.39, 0.29) is 24.7 Å². The largest absolute Gasteiger partial charge is 0.481 e. The van der Waals surface area contributed by atoms with E-state index in [0.717, 1.165) is 37.8 Å². The van der Waals surface area contributed by atoms with Crippen LogP contribution in [0.25, 0.3) is 0 Å². The number of carboxylic acids is 3. The van der Waals surface area contributed by atoms with Gasteiger partial charge in [-0.2, -0.15) is 0 Å². The second-order valence-corrected chi connectivity index (χ2v) is 11.7. The Hall–Kier alpha value is -5.10. The van der Waals surface area contributed by atoms with E-state index in [1.807, 2.05) is 6.20 Å². The van der Waals surface area contributed by atoms with Crippen LogP contribution < -0.4 is 21.3 Å². The Bertz CT molecular complexity index is 1400. The van der Waals surface area contributed by atoms with E-state index in [2.05, 4.69) is 31.6 Å². The molecule has 0 aliphatic carbocycles. The summed E-state index contributed by atoms with van der Waals surface area (Å²) in [6, 6.07) is 2.73. The fourth-order valence-corrected chi connectivity index (χ4v) is 4.77. The van der Waals surface area contributed by atoms with E-state index < -0.39 is 42.4 Å². The molecule has 0 fully saturated rings. The van der Waals surface area contributed by atoms with Crippen LogP contribution in [-0.2, 0) is 36.8 Å². The third kappa shape index (κ3) is 17.9. The van der Waals surface area contributed by atoms with E-state index in [4.69, 9.17) is 19.7 Å². The Morgan fingerprint density at radius 1 is 0.745 bits per heavy atom. The summed E-state index contributed by atoms with van der Waals surface area (Å²) < 4.78 is 11.9. The Morgan fingerprint density at radius 3 is 1.96 bits per heavy atom. The highest BCUT2D eigenvalue weighted by atomic mass is 16.5. The number of carbonyl (C=O) groups excluding carboxylic acids is 3. The number of hydrogen-bond acceptors (Lipinski definition) is 10. The fourth-order valence-electron chi connectivity index (χ4n) is 4.77. The van der Waals surface area contributed by atoms with Crippen LogP contribution in [0.3, 0.4) is 0 Å². The van der Waals surface area contributed by atoms with Gasteiger partial charge in [0.2, 0.25) is 0 Å². The summed E-state index contributed by atoms with van der Waals surface area (Å²) in [5, 5.41) is 45.6.